The van der Waals surface area contributed by atoms with Gasteiger partial charge in [0, 0.05) is 25.2 Å². The largest absolute Gasteiger partial charge is 0.466 e. The van der Waals surface area contributed by atoms with Crippen LogP contribution >= 0.6 is 0 Å². The Bertz CT molecular complexity index is 780. The van der Waals surface area contributed by atoms with Gasteiger partial charge >= 0.3 is 5.97 Å². The summed E-state index contributed by atoms with van der Waals surface area (Å²) in [6, 6.07) is 0. The van der Waals surface area contributed by atoms with E-state index in [-0.39, 0.29) is 23.6 Å². The first kappa shape index (κ1) is 26.1. The van der Waals surface area contributed by atoms with Crippen LogP contribution in [-0.2, 0) is 14.3 Å². The Morgan fingerprint density at radius 2 is 1.82 bits per heavy atom. The van der Waals surface area contributed by atoms with Gasteiger partial charge in [-0.3, -0.25) is 9.59 Å². The van der Waals surface area contributed by atoms with E-state index in [9.17, 15) is 19.8 Å². The molecule has 0 bridgehead atoms. The zero-order valence-corrected chi connectivity index (χ0v) is 22.1. The van der Waals surface area contributed by atoms with E-state index in [2.05, 4.69) is 27.7 Å². The smallest absolute Gasteiger partial charge is 0.302 e. The van der Waals surface area contributed by atoms with Crippen LogP contribution in [0.25, 0.3) is 0 Å². The van der Waals surface area contributed by atoms with Crippen LogP contribution in [0.1, 0.15) is 105 Å². The predicted molar refractivity (Wildman–Crippen MR) is 132 cm³/mol. The molecule has 0 radical (unpaired) electrons. The van der Waals surface area contributed by atoms with Crippen molar-refractivity contribution in [2.75, 3.05) is 6.61 Å². The summed E-state index contributed by atoms with van der Waals surface area (Å²) in [4.78, 5) is 24.4. The van der Waals surface area contributed by atoms with E-state index >= 15 is 0 Å². The predicted octanol–water partition coefficient (Wildman–Crippen LogP) is 5.31. The summed E-state index contributed by atoms with van der Waals surface area (Å²) in [5, 5.41) is 21.8. The molecule has 0 saturated heterocycles. The van der Waals surface area contributed by atoms with E-state index in [1.807, 2.05) is 0 Å². The van der Waals surface area contributed by atoms with Gasteiger partial charge in [-0.25, -0.2) is 0 Å². The molecule has 0 aromatic heterocycles. The maximum atomic E-state index is 13.4. The number of rotatable bonds is 7. The number of ether oxygens (including phenoxy) is 1. The first-order chi connectivity index (χ1) is 15.9. The fourth-order valence-corrected chi connectivity index (χ4v) is 9.33. The normalized spacial score (nSPS) is 45.6. The maximum Gasteiger partial charge on any atom is 0.302 e. The molecule has 4 aliphatic rings. The van der Waals surface area contributed by atoms with Crippen molar-refractivity contribution in [2.24, 2.45) is 46.3 Å². The number of carbonyl (C=O) groups excluding carboxylic acids is 2. The lowest BCUT2D eigenvalue weighted by atomic mass is 9.42. The molecule has 4 saturated carbocycles. The highest BCUT2D eigenvalue weighted by atomic mass is 16.5. The van der Waals surface area contributed by atoms with Crippen LogP contribution in [0.15, 0.2) is 0 Å². The first-order valence-electron chi connectivity index (χ1n) is 14.0. The number of ketones is 1. The van der Waals surface area contributed by atoms with Gasteiger partial charge in [-0.1, -0.05) is 40.5 Å². The van der Waals surface area contributed by atoms with Crippen molar-refractivity contribution in [1.82, 2.24) is 0 Å². The Morgan fingerprint density at radius 3 is 2.53 bits per heavy atom. The zero-order chi connectivity index (χ0) is 24.9. The van der Waals surface area contributed by atoms with Gasteiger partial charge in [-0.15, -0.1) is 0 Å². The molecule has 0 spiro atoms. The highest BCUT2D eigenvalue weighted by Crippen LogP contribution is 2.68. The second kappa shape index (κ2) is 9.50. The third kappa shape index (κ3) is 4.27. The molecule has 0 aromatic carbocycles. The third-order valence-electron chi connectivity index (χ3n) is 11.3. The minimum Gasteiger partial charge on any atom is -0.466 e. The molecule has 4 aliphatic carbocycles. The Labute approximate surface area is 206 Å². The molecule has 5 nitrogen and oxygen atoms in total. The summed E-state index contributed by atoms with van der Waals surface area (Å²) in [6.45, 7) is 11.2. The number of fused-ring (bicyclic) bond motifs is 5. The molecule has 34 heavy (non-hydrogen) atoms. The summed E-state index contributed by atoms with van der Waals surface area (Å²) in [5.74, 6) is 2.89. The highest BCUT2D eigenvalue weighted by molar-refractivity contribution is 5.89. The molecule has 4 unspecified atom stereocenters. The lowest BCUT2D eigenvalue weighted by Gasteiger charge is -2.63. The number of esters is 1. The Kier molecular flexibility index (Phi) is 7.30. The van der Waals surface area contributed by atoms with E-state index in [1.165, 1.54) is 39.0 Å². The van der Waals surface area contributed by atoms with Crippen LogP contribution in [0, 0.1) is 46.3 Å². The Morgan fingerprint density at radius 1 is 1.09 bits per heavy atom. The summed E-state index contributed by atoms with van der Waals surface area (Å²) in [5.41, 5.74) is -1.45. The van der Waals surface area contributed by atoms with Crippen LogP contribution in [0.2, 0.25) is 0 Å². The summed E-state index contributed by atoms with van der Waals surface area (Å²) in [7, 11) is 0. The highest BCUT2D eigenvalue weighted by Gasteiger charge is 2.67. The van der Waals surface area contributed by atoms with Gasteiger partial charge in [0.25, 0.3) is 0 Å². The standard InChI is InChI=1S/C29H48O5/c1-18(17-34-20(3)30)7-6-8-19(2)23-9-10-24-22-15-26(32)29(33)16-21(31)11-14-28(29,5)25(22)12-13-27(23,24)4/h18-19,21-25,31,33H,6-17H2,1-5H3/t18-,19?,21-,22?,23+,24?,25?,27+,28+,29-/m0/s1. The molecule has 4 fully saturated rings. The van der Waals surface area contributed by atoms with Crippen molar-refractivity contribution in [1.29, 1.82) is 0 Å². The van der Waals surface area contributed by atoms with Gasteiger partial charge in [0.15, 0.2) is 5.78 Å². The Hall–Kier alpha value is -0.940. The van der Waals surface area contributed by atoms with E-state index in [1.54, 1.807) is 0 Å². The molecular formula is C29H48O5. The minimum absolute atomic E-state index is 0.00230. The van der Waals surface area contributed by atoms with Crippen LogP contribution in [0.5, 0.6) is 0 Å². The van der Waals surface area contributed by atoms with Crippen molar-refractivity contribution in [2.45, 2.75) is 117 Å². The van der Waals surface area contributed by atoms with Gasteiger partial charge in [0.05, 0.1) is 12.7 Å². The SMILES string of the molecule is CC(=O)OC[C@@H](C)CCCC(C)[C@H]1CCC2C3CC(=O)[C@@]4(O)C[C@@H](O)CC[C@]4(C)C3CC[C@@]21C. The third-order valence-corrected chi connectivity index (χ3v) is 11.3. The molecule has 4 rings (SSSR count). The van der Waals surface area contributed by atoms with Gasteiger partial charge in [-0.05, 0) is 85.9 Å². The van der Waals surface area contributed by atoms with E-state index < -0.39 is 17.1 Å². The molecular weight excluding hydrogens is 428 g/mol. The second-order valence-corrected chi connectivity index (χ2v) is 13.2. The van der Waals surface area contributed by atoms with Crippen LogP contribution in [0.3, 0.4) is 0 Å². The summed E-state index contributed by atoms with van der Waals surface area (Å²) < 4.78 is 5.17. The van der Waals surface area contributed by atoms with Crippen molar-refractivity contribution in [3.8, 4) is 0 Å². The first-order valence-corrected chi connectivity index (χ1v) is 14.0. The average Bonchev–Trinajstić information content (AvgIpc) is 3.12. The van der Waals surface area contributed by atoms with Crippen LogP contribution < -0.4 is 0 Å². The molecule has 0 amide bonds. The number of carbonyl (C=O) groups is 2. The van der Waals surface area contributed by atoms with Crippen LogP contribution in [0.4, 0.5) is 0 Å². The number of aliphatic hydroxyl groups excluding tert-OH is 1. The van der Waals surface area contributed by atoms with E-state index in [4.69, 9.17) is 4.74 Å². The van der Waals surface area contributed by atoms with E-state index in [0.29, 0.717) is 55.0 Å². The molecule has 0 aliphatic heterocycles. The summed E-state index contributed by atoms with van der Waals surface area (Å²) in [6.07, 6.45) is 9.84. The summed E-state index contributed by atoms with van der Waals surface area (Å²) >= 11 is 0. The second-order valence-electron chi connectivity index (χ2n) is 13.2. The lowest BCUT2D eigenvalue weighted by Crippen LogP contribution is -2.67. The van der Waals surface area contributed by atoms with Crippen LogP contribution in [-0.4, -0.2) is 40.3 Å². The minimum atomic E-state index is -1.34. The van der Waals surface area contributed by atoms with Gasteiger partial charge < -0.3 is 14.9 Å². The zero-order valence-electron chi connectivity index (χ0n) is 22.1. The van der Waals surface area contributed by atoms with Crippen molar-refractivity contribution in [3.05, 3.63) is 0 Å². The van der Waals surface area contributed by atoms with E-state index in [0.717, 1.165) is 19.3 Å². The quantitative estimate of drug-likeness (QED) is 0.487. The number of Topliss-reactive ketones (excluding diaryl/α,β-unsaturated/α-hetero) is 1. The van der Waals surface area contributed by atoms with Gasteiger partial charge in [-0.2, -0.15) is 0 Å². The van der Waals surface area contributed by atoms with Crippen molar-refractivity contribution in [3.63, 3.8) is 0 Å². The molecule has 0 heterocycles. The molecule has 10 atom stereocenters. The maximum absolute atomic E-state index is 13.4. The monoisotopic (exact) mass is 476 g/mol. The van der Waals surface area contributed by atoms with Crippen molar-refractivity contribution >= 4 is 11.8 Å². The van der Waals surface area contributed by atoms with Gasteiger partial charge in [0.1, 0.15) is 5.60 Å². The molecule has 0 aromatic rings. The number of aliphatic hydroxyl groups is 2. The topological polar surface area (TPSA) is 83.8 Å². The molecule has 194 valence electrons. The van der Waals surface area contributed by atoms with Crippen molar-refractivity contribution < 1.29 is 24.5 Å². The van der Waals surface area contributed by atoms with Gasteiger partial charge in [0.2, 0.25) is 0 Å². The fourth-order valence-electron chi connectivity index (χ4n) is 9.33. The fraction of sp³-hybridized carbons (Fsp3) is 0.931. The molecule has 2 N–H and O–H groups in total. The lowest BCUT2D eigenvalue weighted by molar-refractivity contribution is -0.213. The number of hydrogen-bond donors (Lipinski definition) is 2. The number of hydrogen-bond acceptors (Lipinski definition) is 5. The Balaban J connectivity index is 1.41. The average molecular weight is 477 g/mol. The molecule has 5 heteroatoms.